The van der Waals surface area contributed by atoms with Crippen LogP contribution in [0.1, 0.15) is 11.5 Å². The Morgan fingerprint density at radius 3 is 2.11 bits per heavy atom. The maximum Gasteiger partial charge on any atom is 0.394 e. The Morgan fingerprint density at radius 2 is 1.78 bits per heavy atom. The van der Waals surface area contributed by atoms with Crippen LogP contribution in [0.4, 0.5) is 13.2 Å². The Kier molecular flexibility index (Phi) is 2.55. The fraction of sp³-hybridized carbons (Fsp3) is 0.364. The average Bonchev–Trinajstić information content (AvgIpc) is 2.87. The molecule has 0 aromatic heterocycles. The first-order chi connectivity index (χ1) is 8.19. The summed E-state index contributed by atoms with van der Waals surface area (Å²) in [4.78, 5) is 11.1. The zero-order chi connectivity index (χ0) is 13.7. The van der Waals surface area contributed by atoms with Gasteiger partial charge in [0.15, 0.2) is 0 Å². The standard InChI is InChI=1S/C11H11F3N2O2/c12-11(13,14)8-7(10(8,16)9(15)18)5-1-3-6(17)4-2-5/h1-4,7-8,17H,16H2,(H2,15,18)/t7-,8-,10-/m1/s1. The molecule has 1 aliphatic carbocycles. The van der Waals surface area contributed by atoms with Crippen LogP contribution in [0.15, 0.2) is 24.3 Å². The van der Waals surface area contributed by atoms with Crippen LogP contribution in [0.5, 0.6) is 5.75 Å². The van der Waals surface area contributed by atoms with Crippen LogP contribution in [0, 0.1) is 5.92 Å². The quantitative estimate of drug-likeness (QED) is 0.736. The van der Waals surface area contributed by atoms with Gasteiger partial charge in [-0.3, -0.25) is 4.79 Å². The number of carbonyl (C=O) groups is 1. The highest BCUT2D eigenvalue weighted by Crippen LogP contribution is 2.62. The Bertz CT molecular complexity index is 486. The molecule has 0 heterocycles. The van der Waals surface area contributed by atoms with Crippen LogP contribution in [0.3, 0.4) is 0 Å². The van der Waals surface area contributed by atoms with Crippen LogP contribution in [0.25, 0.3) is 0 Å². The highest BCUT2D eigenvalue weighted by atomic mass is 19.4. The monoisotopic (exact) mass is 260 g/mol. The van der Waals surface area contributed by atoms with Crippen LogP contribution in [-0.2, 0) is 4.79 Å². The van der Waals surface area contributed by atoms with E-state index in [1.54, 1.807) is 0 Å². The number of benzene rings is 1. The molecule has 5 N–H and O–H groups in total. The normalized spacial score (nSPS) is 31.1. The molecule has 1 aromatic carbocycles. The minimum absolute atomic E-state index is 0.0790. The van der Waals surface area contributed by atoms with Gasteiger partial charge < -0.3 is 16.6 Å². The Hall–Kier alpha value is -1.76. The summed E-state index contributed by atoms with van der Waals surface area (Å²) in [5.74, 6) is -4.44. The van der Waals surface area contributed by atoms with E-state index >= 15 is 0 Å². The third kappa shape index (κ3) is 1.71. The first kappa shape index (κ1) is 12.7. The first-order valence-electron chi connectivity index (χ1n) is 5.13. The van der Waals surface area contributed by atoms with Gasteiger partial charge in [0.25, 0.3) is 0 Å². The van der Waals surface area contributed by atoms with E-state index in [0.717, 1.165) is 0 Å². The molecule has 1 aromatic rings. The largest absolute Gasteiger partial charge is 0.508 e. The number of phenols is 1. The van der Waals surface area contributed by atoms with Crippen molar-refractivity contribution in [3.8, 4) is 5.75 Å². The molecule has 0 radical (unpaired) electrons. The van der Waals surface area contributed by atoms with Gasteiger partial charge in [-0.15, -0.1) is 0 Å². The molecule has 0 bridgehead atoms. The lowest BCUT2D eigenvalue weighted by atomic mass is 10.1. The molecule has 98 valence electrons. The summed E-state index contributed by atoms with van der Waals surface area (Å²) < 4.78 is 38.3. The zero-order valence-corrected chi connectivity index (χ0v) is 9.11. The topological polar surface area (TPSA) is 89.3 Å². The smallest absolute Gasteiger partial charge is 0.394 e. The van der Waals surface area contributed by atoms with E-state index in [4.69, 9.17) is 16.6 Å². The van der Waals surface area contributed by atoms with E-state index < -0.39 is 29.5 Å². The van der Waals surface area contributed by atoms with Crippen LogP contribution in [0.2, 0.25) is 0 Å². The van der Waals surface area contributed by atoms with Crippen molar-refractivity contribution in [3.63, 3.8) is 0 Å². The van der Waals surface area contributed by atoms with E-state index in [9.17, 15) is 18.0 Å². The molecule has 3 atom stereocenters. The molecule has 1 saturated carbocycles. The van der Waals surface area contributed by atoms with Gasteiger partial charge in [0, 0.05) is 5.92 Å². The number of hydrogen-bond donors (Lipinski definition) is 3. The highest BCUT2D eigenvalue weighted by molar-refractivity contribution is 5.91. The number of hydrogen-bond acceptors (Lipinski definition) is 3. The average molecular weight is 260 g/mol. The number of amides is 1. The Balaban J connectivity index is 2.39. The fourth-order valence-electron chi connectivity index (χ4n) is 2.32. The van der Waals surface area contributed by atoms with Crippen molar-refractivity contribution in [2.45, 2.75) is 17.6 Å². The highest BCUT2D eigenvalue weighted by Gasteiger charge is 2.76. The van der Waals surface area contributed by atoms with E-state index in [1.807, 2.05) is 0 Å². The summed E-state index contributed by atoms with van der Waals surface area (Å²) in [6, 6.07) is 5.08. The molecule has 18 heavy (non-hydrogen) atoms. The zero-order valence-electron chi connectivity index (χ0n) is 9.11. The molecule has 2 rings (SSSR count). The van der Waals surface area contributed by atoms with Gasteiger partial charge in [-0.25, -0.2) is 0 Å². The second-order valence-corrected chi connectivity index (χ2v) is 4.39. The summed E-state index contributed by atoms with van der Waals surface area (Å²) >= 11 is 0. The summed E-state index contributed by atoms with van der Waals surface area (Å²) in [6.45, 7) is 0. The van der Waals surface area contributed by atoms with Crippen molar-refractivity contribution in [1.29, 1.82) is 0 Å². The number of halogens is 3. The molecular weight excluding hydrogens is 249 g/mol. The van der Waals surface area contributed by atoms with Crippen molar-refractivity contribution in [2.75, 3.05) is 0 Å². The van der Waals surface area contributed by atoms with Gasteiger partial charge in [0.1, 0.15) is 11.3 Å². The predicted molar refractivity (Wildman–Crippen MR) is 56.5 cm³/mol. The van der Waals surface area contributed by atoms with Crippen molar-refractivity contribution in [2.24, 2.45) is 17.4 Å². The lowest BCUT2D eigenvalue weighted by Gasteiger charge is -2.08. The van der Waals surface area contributed by atoms with E-state index in [-0.39, 0.29) is 11.3 Å². The Labute approximate surface area is 100 Å². The summed E-state index contributed by atoms with van der Waals surface area (Å²) in [7, 11) is 0. The summed E-state index contributed by atoms with van der Waals surface area (Å²) in [5.41, 5.74) is 8.57. The third-order valence-corrected chi connectivity index (χ3v) is 3.29. The SMILES string of the molecule is NC(=O)[C@@]1(N)[C@H](c2ccc(O)cc2)[C@H]1C(F)(F)F. The Morgan fingerprint density at radius 1 is 1.28 bits per heavy atom. The minimum atomic E-state index is -4.59. The molecule has 1 amide bonds. The maximum atomic E-state index is 12.8. The van der Waals surface area contributed by atoms with Crippen molar-refractivity contribution in [3.05, 3.63) is 29.8 Å². The molecule has 7 heteroatoms. The fourth-order valence-corrected chi connectivity index (χ4v) is 2.32. The molecule has 0 aliphatic heterocycles. The van der Waals surface area contributed by atoms with Crippen molar-refractivity contribution >= 4 is 5.91 Å². The number of nitrogens with two attached hydrogens (primary N) is 2. The van der Waals surface area contributed by atoms with Gasteiger partial charge in [-0.2, -0.15) is 13.2 Å². The van der Waals surface area contributed by atoms with Crippen LogP contribution in [-0.4, -0.2) is 22.7 Å². The van der Waals surface area contributed by atoms with Crippen LogP contribution < -0.4 is 11.5 Å². The van der Waals surface area contributed by atoms with Crippen molar-refractivity contribution in [1.82, 2.24) is 0 Å². The molecule has 0 unspecified atom stereocenters. The molecule has 0 saturated heterocycles. The summed E-state index contributed by atoms with van der Waals surface area (Å²) in [6.07, 6.45) is -4.59. The molecule has 1 aliphatic rings. The second kappa shape index (κ2) is 3.61. The van der Waals surface area contributed by atoms with Crippen LogP contribution >= 0.6 is 0 Å². The first-order valence-corrected chi connectivity index (χ1v) is 5.13. The predicted octanol–water partition coefficient (Wildman–Crippen LogP) is 0.851. The van der Waals surface area contributed by atoms with Gasteiger partial charge >= 0.3 is 6.18 Å². The number of phenolic OH excluding ortho intramolecular Hbond substituents is 1. The van der Waals surface area contributed by atoms with E-state index in [2.05, 4.69) is 0 Å². The molecule has 4 nitrogen and oxygen atoms in total. The van der Waals surface area contributed by atoms with Gasteiger partial charge in [0.05, 0.1) is 5.92 Å². The second-order valence-electron chi connectivity index (χ2n) is 4.39. The minimum Gasteiger partial charge on any atom is -0.508 e. The number of primary amides is 1. The van der Waals surface area contributed by atoms with E-state index in [1.165, 1.54) is 24.3 Å². The molecular formula is C11H11F3N2O2. The lowest BCUT2D eigenvalue weighted by molar-refractivity contribution is -0.156. The molecule has 1 fully saturated rings. The van der Waals surface area contributed by atoms with Gasteiger partial charge in [-0.05, 0) is 17.7 Å². The number of carbonyl (C=O) groups excluding carboxylic acids is 1. The van der Waals surface area contributed by atoms with E-state index in [0.29, 0.717) is 0 Å². The maximum absolute atomic E-state index is 12.8. The number of alkyl halides is 3. The van der Waals surface area contributed by atoms with Crippen molar-refractivity contribution < 1.29 is 23.1 Å². The number of aromatic hydroxyl groups is 1. The molecule has 0 spiro atoms. The number of rotatable bonds is 2. The third-order valence-electron chi connectivity index (χ3n) is 3.29. The summed E-state index contributed by atoms with van der Waals surface area (Å²) in [5, 5.41) is 9.08. The lowest BCUT2D eigenvalue weighted by Crippen LogP contribution is -2.44. The van der Waals surface area contributed by atoms with Gasteiger partial charge in [-0.1, -0.05) is 12.1 Å². The van der Waals surface area contributed by atoms with Gasteiger partial charge in [0.2, 0.25) is 5.91 Å².